The second-order valence-electron chi connectivity index (χ2n) is 3.26. The van der Waals surface area contributed by atoms with Gasteiger partial charge in [0.2, 0.25) is 10.0 Å². The van der Waals surface area contributed by atoms with Crippen LogP contribution in [0.4, 0.5) is 10.1 Å². The molecule has 1 aromatic rings. The lowest BCUT2D eigenvalue weighted by atomic mass is 10.3. The number of sulfonamides is 1. The summed E-state index contributed by atoms with van der Waals surface area (Å²) in [5.74, 6) is -0.743. The molecule has 0 aromatic heterocycles. The van der Waals surface area contributed by atoms with Crippen molar-refractivity contribution in [3.63, 3.8) is 0 Å². The van der Waals surface area contributed by atoms with Gasteiger partial charge in [0.25, 0.3) is 0 Å². The number of nitrogen functional groups attached to an aromatic ring is 1. The van der Waals surface area contributed by atoms with Crippen molar-refractivity contribution in [1.29, 1.82) is 0 Å². The zero-order chi connectivity index (χ0) is 12.3. The van der Waals surface area contributed by atoms with E-state index in [1.54, 1.807) is 0 Å². The Hall–Kier alpha value is -1.40. The molecule has 0 saturated heterocycles. The Morgan fingerprint density at radius 1 is 1.56 bits per heavy atom. The summed E-state index contributed by atoms with van der Waals surface area (Å²) < 4.78 is 37.9. The molecule has 2 N–H and O–H groups in total. The highest BCUT2D eigenvalue weighted by Gasteiger charge is 2.20. The molecular weight excluding hydrogens is 231 g/mol. The Kier molecular flexibility index (Phi) is 3.66. The van der Waals surface area contributed by atoms with Crippen LogP contribution in [0.15, 0.2) is 35.7 Å². The topological polar surface area (TPSA) is 63.4 Å². The number of hydrogen-bond donors (Lipinski definition) is 1. The summed E-state index contributed by atoms with van der Waals surface area (Å²) in [7, 11) is -2.28. The van der Waals surface area contributed by atoms with Crippen molar-refractivity contribution in [3.8, 4) is 0 Å². The van der Waals surface area contributed by atoms with Crippen molar-refractivity contribution >= 4 is 15.7 Å². The van der Waals surface area contributed by atoms with Crippen LogP contribution in [-0.4, -0.2) is 26.3 Å². The molecule has 0 radical (unpaired) electrons. The fourth-order valence-corrected chi connectivity index (χ4v) is 2.28. The molecule has 0 heterocycles. The molecule has 88 valence electrons. The molecule has 1 aromatic carbocycles. The lowest BCUT2D eigenvalue weighted by molar-refractivity contribution is 0.498. The first-order valence-corrected chi connectivity index (χ1v) is 5.96. The molecule has 0 unspecified atom stereocenters. The number of benzene rings is 1. The fourth-order valence-electron chi connectivity index (χ4n) is 1.13. The van der Waals surface area contributed by atoms with E-state index < -0.39 is 15.8 Å². The molecule has 0 fully saturated rings. The van der Waals surface area contributed by atoms with Crippen LogP contribution in [0.2, 0.25) is 0 Å². The molecule has 0 spiro atoms. The molecule has 0 aliphatic heterocycles. The molecule has 0 bridgehead atoms. The minimum absolute atomic E-state index is 0.0784. The maximum Gasteiger partial charge on any atom is 0.243 e. The van der Waals surface area contributed by atoms with Gasteiger partial charge in [-0.15, -0.1) is 6.58 Å². The van der Waals surface area contributed by atoms with Crippen molar-refractivity contribution in [3.05, 3.63) is 36.7 Å². The summed E-state index contributed by atoms with van der Waals surface area (Å²) in [4.78, 5) is -0.122. The van der Waals surface area contributed by atoms with Gasteiger partial charge in [0.05, 0.1) is 10.6 Å². The molecule has 0 aliphatic carbocycles. The molecule has 0 atom stereocenters. The van der Waals surface area contributed by atoms with Crippen molar-refractivity contribution in [2.45, 2.75) is 4.90 Å². The van der Waals surface area contributed by atoms with Gasteiger partial charge in [-0.05, 0) is 18.2 Å². The second kappa shape index (κ2) is 4.63. The van der Waals surface area contributed by atoms with Gasteiger partial charge in [0.15, 0.2) is 0 Å². The van der Waals surface area contributed by atoms with Crippen molar-refractivity contribution < 1.29 is 12.8 Å². The Bertz CT molecular complexity index is 500. The van der Waals surface area contributed by atoms with E-state index in [9.17, 15) is 12.8 Å². The summed E-state index contributed by atoms with van der Waals surface area (Å²) in [5, 5.41) is 0. The third-order valence-corrected chi connectivity index (χ3v) is 3.89. The highest BCUT2D eigenvalue weighted by molar-refractivity contribution is 7.89. The van der Waals surface area contributed by atoms with Gasteiger partial charge in [-0.1, -0.05) is 6.08 Å². The SMILES string of the molecule is C=CCN(C)S(=O)(=O)c1ccc(N)c(F)c1. The average molecular weight is 244 g/mol. The Morgan fingerprint density at radius 2 is 2.19 bits per heavy atom. The quantitative estimate of drug-likeness (QED) is 0.639. The predicted molar refractivity (Wildman–Crippen MR) is 60.8 cm³/mol. The van der Waals surface area contributed by atoms with E-state index in [2.05, 4.69) is 6.58 Å². The van der Waals surface area contributed by atoms with Crippen LogP contribution in [0.3, 0.4) is 0 Å². The van der Waals surface area contributed by atoms with Crippen LogP contribution in [-0.2, 0) is 10.0 Å². The Morgan fingerprint density at radius 3 is 2.69 bits per heavy atom. The average Bonchev–Trinajstić information content (AvgIpc) is 2.22. The first kappa shape index (κ1) is 12.7. The van der Waals surface area contributed by atoms with Gasteiger partial charge in [0.1, 0.15) is 5.82 Å². The molecule has 0 saturated carbocycles. The number of likely N-dealkylation sites (N-methyl/N-ethyl adjacent to an activating group) is 1. The first-order valence-electron chi connectivity index (χ1n) is 4.52. The smallest absolute Gasteiger partial charge is 0.243 e. The van der Waals surface area contributed by atoms with Crippen LogP contribution < -0.4 is 5.73 Å². The minimum atomic E-state index is -3.67. The third kappa shape index (κ3) is 2.40. The number of nitrogens with two attached hydrogens (primary N) is 1. The third-order valence-electron chi connectivity index (χ3n) is 2.07. The highest BCUT2D eigenvalue weighted by atomic mass is 32.2. The van der Waals surface area contributed by atoms with Crippen molar-refractivity contribution in [2.75, 3.05) is 19.3 Å². The normalized spacial score (nSPS) is 11.7. The summed E-state index contributed by atoms with van der Waals surface area (Å²) >= 11 is 0. The predicted octanol–water partition coefficient (Wildman–Crippen LogP) is 1.21. The molecule has 4 nitrogen and oxygen atoms in total. The lowest BCUT2D eigenvalue weighted by Gasteiger charge is -2.15. The van der Waals surface area contributed by atoms with Crippen LogP contribution in [0.25, 0.3) is 0 Å². The van der Waals surface area contributed by atoms with E-state index in [0.717, 1.165) is 10.4 Å². The summed E-state index contributed by atoms with van der Waals surface area (Å²) in [5.41, 5.74) is 5.19. The van der Waals surface area contributed by atoms with Crippen LogP contribution in [0.5, 0.6) is 0 Å². The van der Waals surface area contributed by atoms with E-state index in [1.165, 1.54) is 25.3 Å². The van der Waals surface area contributed by atoms with E-state index in [-0.39, 0.29) is 17.1 Å². The maximum absolute atomic E-state index is 13.1. The van der Waals surface area contributed by atoms with E-state index in [4.69, 9.17) is 5.73 Å². The number of nitrogens with zero attached hydrogens (tertiary/aromatic N) is 1. The van der Waals surface area contributed by atoms with E-state index in [0.29, 0.717) is 0 Å². The molecule has 16 heavy (non-hydrogen) atoms. The van der Waals surface area contributed by atoms with Gasteiger partial charge in [-0.3, -0.25) is 0 Å². The Balaban J connectivity index is 3.17. The monoisotopic (exact) mass is 244 g/mol. The number of halogens is 1. The molecular formula is C10H13FN2O2S. The Labute approximate surface area is 94.2 Å². The molecule has 0 amide bonds. The van der Waals surface area contributed by atoms with Crippen molar-refractivity contribution in [2.24, 2.45) is 0 Å². The van der Waals surface area contributed by atoms with Crippen LogP contribution in [0, 0.1) is 5.82 Å². The first-order chi connectivity index (χ1) is 7.39. The zero-order valence-electron chi connectivity index (χ0n) is 8.85. The van der Waals surface area contributed by atoms with Crippen LogP contribution in [0.1, 0.15) is 0 Å². The minimum Gasteiger partial charge on any atom is -0.396 e. The summed E-state index contributed by atoms with van der Waals surface area (Å²) in [6.07, 6.45) is 1.45. The molecule has 1 rings (SSSR count). The van der Waals surface area contributed by atoms with Crippen LogP contribution >= 0.6 is 0 Å². The summed E-state index contributed by atoms with van der Waals surface area (Å²) in [6.45, 7) is 3.60. The lowest BCUT2D eigenvalue weighted by Crippen LogP contribution is -2.27. The van der Waals surface area contributed by atoms with Gasteiger partial charge < -0.3 is 5.73 Å². The molecule has 6 heteroatoms. The zero-order valence-corrected chi connectivity index (χ0v) is 9.67. The van der Waals surface area contributed by atoms with Gasteiger partial charge >= 0.3 is 0 Å². The number of anilines is 1. The number of rotatable bonds is 4. The van der Waals surface area contributed by atoms with E-state index >= 15 is 0 Å². The van der Waals surface area contributed by atoms with Crippen molar-refractivity contribution in [1.82, 2.24) is 4.31 Å². The highest BCUT2D eigenvalue weighted by Crippen LogP contribution is 2.18. The van der Waals surface area contributed by atoms with Gasteiger partial charge in [0, 0.05) is 13.6 Å². The summed E-state index contributed by atoms with van der Waals surface area (Å²) in [6, 6.07) is 3.40. The second-order valence-corrected chi connectivity index (χ2v) is 5.30. The van der Waals surface area contributed by atoms with Gasteiger partial charge in [-0.25, -0.2) is 12.8 Å². The maximum atomic E-state index is 13.1. The molecule has 0 aliphatic rings. The van der Waals surface area contributed by atoms with Gasteiger partial charge in [-0.2, -0.15) is 4.31 Å². The largest absolute Gasteiger partial charge is 0.396 e. The van der Waals surface area contributed by atoms with E-state index in [1.807, 2.05) is 0 Å². The number of hydrogen-bond acceptors (Lipinski definition) is 3. The fraction of sp³-hybridized carbons (Fsp3) is 0.200. The standard InChI is InChI=1S/C10H13FN2O2S/c1-3-6-13(2)16(14,15)8-4-5-10(12)9(11)7-8/h3-5,7H,1,6,12H2,2H3.